The molecule has 9 heteroatoms. The number of carbonyl (C=O) groups excluding carboxylic acids is 2. The summed E-state index contributed by atoms with van der Waals surface area (Å²) in [5.41, 5.74) is 0.427. The maximum absolute atomic E-state index is 13.5. The van der Waals surface area contributed by atoms with E-state index < -0.39 is 40.2 Å². The van der Waals surface area contributed by atoms with Crippen LogP contribution in [0.5, 0.6) is 5.75 Å². The Hall–Kier alpha value is -2.42. The maximum atomic E-state index is 13.5. The van der Waals surface area contributed by atoms with Crippen LogP contribution in [0.1, 0.15) is 12.0 Å². The zero-order valence-electron chi connectivity index (χ0n) is 13.5. The number of carbonyl (C=O) groups is 2. The zero-order chi connectivity index (χ0) is 18.4. The van der Waals surface area contributed by atoms with Gasteiger partial charge in [-0.2, -0.15) is 0 Å². The van der Waals surface area contributed by atoms with Crippen molar-refractivity contribution in [1.29, 1.82) is 0 Å². The smallest absolute Gasteiger partial charge is 0.331 e. The highest BCUT2D eigenvalue weighted by atomic mass is 32.2. The van der Waals surface area contributed by atoms with E-state index >= 15 is 0 Å². The van der Waals surface area contributed by atoms with Crippen LogP contribution in [0.4, 0.5) is 4.39 Å². The Morgan fingerprint density at radius 3 is 2.76 bits per heavy atom. The molecule has 0 aliphatic carbocycles. The van der Waals surface area contributed by atoms with Crippen LogP contribution in [0.25, 0.3) is 6.08 Å². The number of rotatable bonds is 6. The van der Waals surface area contributed by atoms with E-state index in [1.807, 2.05) is 0 Å². The van der Waals surface area contributed by atoms with Gasteiger partial charge in [0.15, 0.2) is 28.0 Å². The van der Waals surface area contributed by atoms with Gasteiger partial charge >= 0.3 is 5.97 Å². The number of benzene rings is 1. The van der Waals surface area contributed by atoms with Gasteiger partial charge in [0, 0.05) is 12.1 Å². The standard InChI is InChI=1S/C16H18FNO6S/c1-23-14-4-2-11(8-13(14)17)3-5-16(20)24-9-15(19)18-12-6-7-25(21,22)10-12/h2-5,8,12H,6-7,9-10H2,1H3,(H,18,19)/b5-3+/t12-/m0/s1. The average Bonchev–Trinajstić information content (AvgIpc) is 2.89. The normalized spacial score (nSPS) is 18.9. The summed E-state index contributed by atoms with van der Waals surface area (Å²) in [5, 5.41) is 2.50. The summed E-state index contributed by atoms with van der Waals surface area (Å²) in [4.78, 5) is 23.2. The first-order valence-electron chi connectivity index (χ1n) is 7.47. The predicted molar refractivity (Wildman–Crippen MR) is 88.1 cm³/mol. The molecule has 7 nitrogen and oxygen atoms in total. The van der Waals surface area contributed by atoms with Crippen molar-refractivity contribution in [1.82, 2.24) is 5.32 Å². The van der Waals surface area contributed by atoms with E-state index in [-0.39, 0.29) is 17.3 Å². The van der Waals surface area contributed by atoms with Gasteiger partial charge in [-0.25, -0.2) is 17.6 Å². The molecule has 0 radical (unpaired) electrons. The quantitative estimate of drug-likeness (QED) is 0.584. The zero-order valence-corrected chi connectivity index (χ0v) is 14.3. The van der Waals surface area contributed by atoms with Gasteiger partial charge in [0.1, 0.15) is 0 Å². The van der Waals surface area contributed by atoms with Crippen molar-refractivity contribution in [2.75, 3.05) is 25.2 Å². The monoisotopic (exact) mass is 371 g/mol. The first-order valence-corrected chi connectivity index (χ1v) is 9.29. The van der Waals surface area contributed by atoms with Crippen LogP contribution in [0.3, 0.4) is 0 Å². The number of amides is 1. The van der Waals surface area contributed by atoms with Gasteiger partial charge in [0.05, 0.1) is 18.6 Å². The Morgan fingerprint density at radius 2 is 2.16 bits per heavy atom. The van der Waals surface area contributed by atoms with Crippen LogP contribution in [0, 0.1) is 5.82 Å². The van der Waals surface area contributed by atoms with Gasteiger partial charge < -0.3 is 14.8 Å². The first kappa shape index (κ1) is 18.9. The van der Waals surface area contributed by atoms with Crippen molar-refractivity contribution < 1.29 is 31.9 Å². The Kier molecular flexibility index (Phi) is 6.13. The van der Waals surface area contributed by atoms with Crippen molar-refractivity contribution in [3.05, 3.63) is 35.7 Å². The fraction of sp³-hybridized carbons (Fsp3) is 0.375. The molecule has 1 N–H and O–H groups in total. The lowest BCUT2D eigenvalue weighted by atomic mass is 10.2. The summed E-state index contributed by atoms with van der Waals surface area (Å²) in [6.07, 6.45) is 2.76. The molecular weight excluding hydrogens is 353 g/mol. The van der Waals surface area contributed by atoms with E-state index in [4.69, 9.17) is 9.47 Å². The summed E-state index contributed by atoms with van der Waals surface area (Å²) >= 11 is 0. The van der Waals surface area contributed by atoms with E-state index in [1.165, 1.54) is 25.3 Å². The number of esters is 1. The average molecular weight is 371 g/mol. The third-order valence-electron chi connectivity index (χ3n) is 3.53. The van der Waals surface area contributed by atoms with Crippen LogP contribution < -0.4 is 10.1 Å². The van der Waals surface area contributed by atoms with E-state index in [0.717, 1.165) is 6.08 Å². The van der Waals surface area contributed by atoms with Crippen LogP contribution in [-0.2, 0) is 24.2 Å². The maximum Gasteiger partial charge on any atom is 0.331 e. The molecule has 1 aliphatic heterocycles. The number of hydrogen-bond donors (Lipinski definition) is 1. The molecule has 1 heterocycles. The SMILES string of the molecule is COc1ccc(/C=C/C(=O)OCC(=O)N[C@H]2CCS(=O)(=O)C2)cc1F. The molecule has 1 amide bonds. The molecule has 1 saturated heterocycles. The predicted octanol–water partition coefficient (Wildman–Crippen LogP) is 0.694. The molecule has 1 aliphatic rings. The van der Waals surface area contributed by atoms with Gasteiger partial charge in [-0.05, 0) is 30.2 Å². The number of methoxy groups -OCH3 is 1. The molecule has 2 rings (SSSR count). The Labute approximate surface area is 144 Å². The minimum Gasteiger partial charge on any atom is -0.494 e. The minimum absolute atomic E-state index is 0.0406. The fourth-order valence-corrected chi connectivity index (χ4v) is 3.99. The van der Waals surface area contributed by atoms with E-state index in [0.29, 0.717) is 12.0 Å². The highest BCUT2D eigenvalue weighted by Crippen LogP contribution is 2.18. The molecule has 1 atom stereocenters. The van der Waals surface area contributed by atoms with Crippen molar-refractivity contribution in [3.63, 3.8) is 0 Å². The van der Waals surface area contributed by atoms with Crippen LogP contribution in [0.15, 0.2) is 24.3 Å². The fourth-order valence-electron chi connectivity index (χ4n) is 2.31. The van der Waals surface area contributed by atoms with Crippen LogP contribution in [0.2, 0.25) is 0 Å². The van der Waals surface area contributed by atoms with Crippen molar-refractivity contribution in [3.8, 4) is 5.75 Å². The molecule has 0 aromatic heterocycles. The van der Waals surface area contributed by atoms with Gasteiger partial charge in [0.25, 0.3) is 5.91 Å². The topological polar surface area (TPSA) is 98.8 Å². The minimum atomic E-state index is -3.09. The molecule has 0 spiro atoms. The lowest BCUT2D eigenvalue weighted by Crippen LogP contribution is -2.38. The largest absolute Gasteiger partial charge is 0.494 e. The Balaban J connectivity index is 1.78. The molecule has 0 unspecified atom stereocenters. The third-order valence-corrected chi connectivity index (χ3v) is 5.30. The molecule has 0 saturated carbocycles. The van der Waals surface area contributed by atoms with Gasteiger partial charge in [-0.15, -0.1) is 0 Å². The number of hydrogen-bond acceptors (Lipinski definition) is 6. The second-order valence-electron chi connectivity index (χ2n) is 5.50. The second-order valence-corrected chi connectivity index (χ2v) is 7.73. The van der Waals surface area contributed by atoms with E-state index in [1.54, 1.807) is 6.07 Å². The number of ether oxygens (including phenoxy) is 2. The summed E-state index contributed by atoms with van der Waals surface area (Å²) in [5.74, 6) is -1.88. The summed E-state index contributed by atoms with van der Waals surface area (Å²) in [6, 6.07) is 3.71. The van der Waals surface area contributed by atoms with E-state index in [2.05, 4.69) is 5.32 Å². The molecule has 1 aromatic rings. The van der Waals surface area contributed by atoms with Crippen LogP contribution in [-0.4, -0.2) is 51.6 Å². The molecular formula is C16H18FNO6S. The lowest BCUT2D eigenvalue weighted by molar-refractivity contribution is -0.143. The van der Waals surface area contributed by atoms with Crippen molar-refractivity contribution in [2.24, 2.45) is 0 Å². The molecule has 136 valence electrons. The number of nitrogens with one attached hydrogen (secondary N) is 1. The second kappa shape index (κ2) is 8.11. The highest BCUT2D eigenvalue weighted by molar-refractivity contribution is 7.91. The third kappa shape index (κ3) is 5.86. The van der Waals surface area contributed by atoms with Gasteiger partial charge in [0.2, 0.25) is 0 Å². The van der Waals surface area contributed by atoms with Crippen molar-refractivity contribution in [2.45, 2.75) is 12.5 Å². The van der Waals surface area contributed by atoms with Gasteiger partial charge in [-0.3, -0.25) is 4.79 Å². The number of halogens is 1. The van der Waals surface area contributed by atoms with Gasteiger partial charge in [-0.1, -0.05) is 6.07 Å². The molecule has 25 heavy (non-hydrogen) atoms. The Bertz CT molecular complexity index is 790. The lowest BCUT2D eigenvalue weighted by Gasteiger charge is -2.10. The van der Waals surface area contributed by atoms with E-state index in [9.17, 15) is 22.4 Å². The Morgan fingerprint density at radius 1 is 1.40 bits per heavy atom. The van der Waals surface area contributed by atoms with Crippen LogP contribution >= 0.6 is 0 Å². The van der Waals surface area contributed by atoms with Crippen molar-refractivity contribution >= 4 is 27.8 Å². The molecule has 1 aromatic carbocycles. The number of sulfone groups is 1. The molecule has 1 fully saturated rings. The molecule has 0 bridgehead atoms. The summed E-state index contributed by atoms with van der Waals surface area (Å²) < 4.78 is 45.6. The summed E-state index contributed by atoms with van der Waals surface area (Å²) in [6.45, 7) is -0.517. The highest BCUT2D eigenvalue weighted by Gasteiger charge is 2.28. The summed E-state index contributed by atoms with van der Waals surface area (Å²) in [7, 11) is -1.75. The first-order chi connectivity index (χ1) is 11.8.